The molecule has 0 unspecified atom stereocenters. The van der Waals surface area contributed by atoms with Gasteiger partial charge in [0.2, 0.25) is 11.3 Å². The van der Waals surface area contributed by atoms with Gasteiger partial charge in [-0.2, -0.15) is 9.97 Å². The van der Waals surface area contributed by atoms with Gasteiger partial charge in [0.15, 0.2) is 17.4 Å². The molecule has 8 nitrogen and oxygen atoms in total. The lowest BCUT2D eigenvalue weighted by Gasteiger charge is -2.12. The van der Waals surface area contributed by atoms with Crippen LogP contribution in [0.3, 0.4) is 0 Å². The Bertz CT molecular complexity index is 883. The number of alkyl halides is 3. The molecule has 3 rings (SSSR count). The van der Waals surface area contributed by atoms with E-state index in [1.807, 2.05) is 0 Å². The van der Waals surface area contributed by atoms with Crippen LogP contribution < -0.4 is 14.8 Å². The SMILES string of the molecule is COc1nc2nonc2nc1Nc1ccc(OC(F)(F)F)c(F)c1. The lowest BCUT2D eigenvalue weighted by Crippen LogP contribution is -2.18. The summed E-state index contributed by atoms with van der Waals surface area (Å²) in [7, 11) is 1.31. The van der Waals surface area contributed by atoms with Gasteiger partial charge in [0.1, 0.15) is 0 Å². The number of hydrogen-bond acceptors (Lipinski definition) is 8. The Morgan fingerprint density at radius 2 is 1.83 bits per heavy atom. The normalized spacial score (nSPS) is 11.5. The Balaban J connectivity index is 1.89. The highest BCUT2D eigenvalue weighted by atomic mass is 19.4. The summed E-state index contributed by atoms with van der Waals surface area (Å²) in [4.78, 5) is 7.97. The number of hydrogen-bond donors (Lipinski definition) is 1. The Labute approximate surface area is 130 Å². The third kappa shape index (κ3) is 3.26. The number of ether oxygens (including phenoxy) is 2. The highest BCUT2D eigenvalue weighted by Crippen LogP contribution is 2.30. The van der Waals surface area contributed by atoms with Gasteiger partial charge in [-0.05, 0) is 22.4 Å². The van der Waals surface area contributed by atoms with E-state index in [1.165, 1.54) is 7.11 Å². The van der Waals surface area contributed by atoms with Crippen LogP contribution >= 0.6 is 0 Å². The summed E-state index contributed by atoms with van der Waals surface area (Å²) >= 11 is 0. The van der Waals surface area contributed by atoms with Gasteiger partial charge in [-0.15, -0.1) is 13.2 Å². The van der Waals surface area contributed by atoms with Crippen LogP contribution in [0.1, 0.15) is 0 Å². The second kappa shape index (κ2) is 5.79. The number of anilines is 2. The third-order valence-corrected chi connectivity index (χ3v) is 2.70. The van der Waals surface area contributed by atoms with Gasteiger partial charge >= 0.3 is 6.36 Å². The lowest BCUT2D eigenvalue weighted by molar-refractivity contribution is -0.275. The van der Waals surface area contributed by atoms with Crippen LogP contribution in [0.4, 0.5) is 29.1 Å². The van der Waals surface area contributed by atoms with Crippen LogP contribution in [0.25, 0.3) is 11.3 Å². The van der Waals surface area contributed by atoms with E-state index >= 15 is 0 Å². The molecule has 0 aliphatic carbocycles. The molecular formula is C12H7F4N5O3. The number of rotatable bonds is 4. The fraction of sp³-hybridized carbons (Fsp3) is 0.167. The predicted molar refractivity (Wildman–Crippen MR) is 70.3 cm³/mol. The first-order valence-corrected chi connectivity index (χ1v) is 6.22. The molecule has 0 saturated heterocycles. The number of fused-ring (bicyclic) bond motifs is 1. The maximum absolute atomic E-state index is 13.7. The van der Waals surface area contributed by atoms with Crippen molar-refractivity contribution in [1.29, 1.82) is 0 Å². The van der Waals surface area contributed by atoms with Crippen LogP contribution in [0, 0.1) is 5.82 Å². The number of benzene rings is 1. The van der Waals surface area contributed by atoms with E-state index < -0.39 is 17.9 Å². The van der Waals surface area contributed by atoms with Crippen molar-refractivity contribution in [2.24, 2.45) is 0 Å². The Morgan fingerprint density at radius 3 is 2.46 bits per heavy atom. The fourth-order valence-electron chi connectivity index (χ4n) is 1.77. The molecule has 0 atom stereocenters. The van der Waals surface area contributed by atoms with E-state index in [-0.39, 0.29) is 28.7 Å². The van der Waals surface area contributed by atoms with Crippen LogP contribution in [0.5, 0.6) is 11.6 Å². The molecule has 0 radical (unpaired) electrons. The highest BCUT2D eigenvalue weighted by Gasteiger charge is 2.32. The van der Waals surface area contributed by atoms with E-state index in [4.69, 9.17) is 4.74 Å². The fourth-order valence-corrected chi connectivity index (χ4v) is 1.77. The topological polar surface area (TPSA) is 95.2 Å². The third-order valence-electron chi connectivity index (χ3n) is 2.70. The van der Waals surface area contributed by atoms with E-state index in [2.05, 4.69) is 35.0 Å². The molecular weight excluding hydrogens is 338 g/mol. The van der Waals surface area contributed by atoms with Crippen LogP contribution in [-0.2, 0) is 0 Å². The maximum atomic E-state index is 13.7. The Hall–Kier alpha value is -3.18. The second-order valence-electron chi connectivity index (χ2n) is 4.31. The van der Waals surface area contributed by atoms with Crippen molar-refractivity contribution < 1.29 is 31.7 Å². The molecule has 1 aromatic carbocycles. The quantitative estimate of drug-likeness (QED) is 0.721. The van der Waals surface area contributed by atoms with Crippen molar-refractivity contribution in [1.82, 2.24) is 20.3 Å². The minimum Gasteiger partial charge on any atom is -0.478 e. The molecule has 0 spiro atoms. The zero-order chi connectivity index (χ0) is 17.3. The smallest absolute Gasteiger partial charge is 0.478 e. The standard InChI is InChI=1S/C12H7F4N5O3/c1-22-11-10(18-8-9(19-11)21-24-20-8)17-5-2-3-7(6(13)4-5)23-12(14,15)16/h2-4H,1H3,(H,17,18,20). The molecule has 0 saturated carbocycles. The molecule has 0 bridgehead atoms. The summed E-state index contributed by atoms with van der Waals surface area (Å²) in [6.07, 6.45) is -4.99. The van der Waals surface area contributed by atoms with Crippen molar-refractivity contribution >= 4 is 22.8 Å². The van der Waals surface area contributed by atoms with E-state index in [0.717, 1.165) is 18.2 Å². The van der Waals surface area contributed by atoms with Gasteiger partial charge in [0, 0.05) is 11.8 Å². The van der Waals surface area contributed by atoms with Gasteiger partial charge in [-0.3, -0.25) is 0 Å². The molecule has 2 heterocycles. The molecule has 3 aromatic rings. The van der Waals surface area contributed by atoms with Crippen molar-refractivity contribution in [3.63, 3.8) is 0 Å². The minimum absolute atomic E-state index is 0.00854. The first-order valence-electron chi connectivity index (χ1n) is 6.22. The van der Waals surface area contributed by atoms with E-state index in [0.29, 0.717) is 0 Å². The molecule has 24 heavy (non-hydrogen) atoms. The van der Waals surface area contributed by atoms with Crippen LogP contribution in [0.15, 0.2) is 22.8 Å². The minimum atomic E-state index is -4.99. The summed E-state index contributed by atoms with van der Waals surface area (Å²) in [5.74, 6) is -2.12. The number of nitrogens with zero attached hydrogens (tertiary/aromatic N) is 4. The lowest BCUT2D eigenvalue weighted by atomic mass is 10.3. The molecule has 12 heteroatoms. The largest absolute Gasteiger partial charge is 0.573 e. The number of methoxy groups -OCH3 is 1. The summed E-state index contributed by atoms with van der Waals surface area (Å²) < 4.78 is 63.1. The zero-order valence-electron chi connectivity index (χ0n) is 11.8. The number of halogens is 4. The van der Waals surface area contributed by atoms with Crippen LogP contribution in [0.2, 0.25) is 0 Å². The average Bonchev–Trinajstić information content (AvgIpc) is 2.95. The van der Waals surface area contributed by atoms with Crippen molar-refractivity contribution in [3.05, 3.63) is 24.0 Å². The van der Waals surface area contributed by atoms with Gasteiger partial charge in [0.25, 0.3) is 5.88 Å². The zero-order valence-corrected chi connectivity index (χ0v) is 11.8. The molecule has 126 valence electrons. The molecule has 2 aromatic heterocycles. The average molecular weight is 345 g/mol. The maximum Gasteiger partial charge on any atom is 0.573 e. The highest BCUT2D eigenvalue weighted by molar-refractivity contribution is 5.71. The summed E-state index contributed by atoms with van der Waals surface area (Å²) in [5.41, 5.74) is 0.249. The predicted octanol–water partition coefficient (Wildman–Crippen LogP) is 2.80. The molecule has 1 N–H and O–H groups in total. The number of nitrogens with one attached hydrogen (secondary N) is 1. The van der Waals surface area contributed by atoms with Gasteiger partial charge in [-0.25, -0.2) is 9.02 Å². The van der Waals surface area contributed by atoms with Gasteiger partial charge < -0.3 is 14.8 Å². The van der Waals surface area contributed by atoms with Crippen LogP contribution in [-0.4, -0.2) is 33.8 Å². The Morgan fingerprint density at radius 1 is 1.12 bits per heavy atom. The monoisotopic (exact) mass is 345 g/mol. The molecule has 0 aliphatic heterocycles. The van der Waals surface area contributed by atoms with E-state index in [9.17, 15) is 17.6 Å². The van der Waals surface area contributed by atoms with Gasteiger partial charge in [0.05, 0.1) is 7.11 Å². The van der Waals surface area contributed by atoms with Crippen molar-refractivity contribution in [2.45, 2.75) is 6.36 Å². The summed E-state index contributed by atoms with van der Waals surface area (Å²) in [5, 5.41) is 9.63. The van der Waals surface area contributed by atoms with Gasteiger partial charge in [-0.1, -0.05) is 0 Å². The number of aromatic nitrogens is 4. The van der Waals surface area contributed by atoms with E-state index in [1.54, 1.807) is 0 Å². The second-order valence-corrected chi connectivity index (χ2v) is 4.31. The van der Waals surface area contributed by atoms with Crippen molar-refractivity contribution in [2.75, 3.05) is 12.4 Å². The summed E-state index contributed by atoms with van der Waals surface area (Å²) in [6, 6.07) is 2.78. The summed E-state index contributed by atoms with van der Waals surface area (Å²) in [6.45, 7) is 0. The van der Waals surface area contributed by atoms with Crippen molar-refractivity contribution in [3.8, 4) is 11.6 Å². The molecule has 0 fully saturated rings. The Kier molecular flexibility index (Phi) is 3.79. The first kappa shape index (κ1) is 15.7. The first-order chi connectivity index (χ1) is 11.4. The molecule has 0 aliphatic rings. The molecule has 0 amide bonds.